The van der Waals surface area contributed by atoms with E-state index in [1.807, 2.05) is 0 Å². The van der Waals surface area contributed by atoms with Gasteiger partial charge in [0.25, 0.3) is 0 Å². The standard InChI is InChI=1S/C18H17FN4O3S/c1-24-12-5-6-13(16(9-12)26-3)17-21-22-18(27)23(17)20-10-11-4-7-15(25-2)14(19)8-11/h4-10H,1-3H3,(H,22,27)/b20-10-. The molecule has 0 unspecified atom stereocenters. The number of hydrogen-bond acceptors (Lipinski definition) is 6. The van der Waals surface area contributed by atoms with Gasteiger partial charge in [-0.25, -0.2) is 9.49 Å². The van der Waals surface area contributed by atoms with Gasteiger partial charge < -0.3 is 14.2 Å². The molecule has 0 bridgehead atoms. The Kier molecular flexibility index (Phi) is 5.51. The van der Waals surface area contributed by atoms with Crippen molar-refractivity contribution >= 4 is 18.4 Å². The topological polar surface area (TPSA) is 73.7 Å². The van der Waals surface area contributed by atoms with Crippen molar-refractivity contribution in [2.45, 2.75) is 0 Å². The van der Waals surface area contributed by atoms with Crippen LogP contribution in [0.25, 0.3) is 11.4 Å². The lowest BCUT2D eigenvalue weighted by molar-refractivity contribution is 0.386. The van der Waals surface area contributed by atoms with Gasteiger partial charge in [-0.3, -0.25) is 0 Å². The van der Waals surface area contributed by atoms with E-state index in [0.717, 1.165) is 0 Å². The molecule has 0 aliphatic carbocycles. The number of benzene rings is 2. The van der Waals surface area contributed by atoms with E-state index in [0.29, 0.717) is 28.5 Å². The molecule has 0 spiro atoms. The Morgan fingerprint density at radius 1 is 1.07 bits per heavy atom. The number of aromatic amines is 1. The van der Waals surface area contributed by atoms with Crippen molar-refractivity contribution in [1.82, 2.24) is 14.9 Å². The van der Waals surface area contributed by atoms with Crippen LogP contribution in [0.15, 0.2) is 41.5 Å². The maximum absolute atomic E-state index is 13.8. The van der Waals surface area contributed by atoms with Crippen molar-refractivity contribution < 1.29 is 18.6 Å². The third-order valence-corrected chi connectivity index (χ3v) is 4.06. The van der Waals surface area contributed by atoms with Crippen LogP contribution in [0.3, 0.4) is 0 Å². The lowest BCUT2D eigenvalue weighted by Crippen LogP contribution is -1.98. The van der Waals surface area contributed by atoms with Crippen LogP contribution < -0.4 is 14.2 Å². The van der Waals surface area contributed by atoms with E-state index in [-0.39, 0.29) is 10.5 Å². The zero-order chi connectivity index (χ0) is 19.4. The van der Waals surface area contributed by atoms with Gasteiger partial charge in [0.1, 0.15) is 11.5 Å². The number of H-pyrrole nitrogens is 1. The minimum atomic E-state index is -0.478. The molecule has 0 fully saturated rings. The van der Waals surface area contributed by atoms with E-state index in [9.17, 15) is 4.39 Å². The normalized spacial score (nSPS) is 11.0. The van der Waals surface area contributed by atoms with Gasteiger partial charge in [0, 0.05) is 6.07 Å². The molecular weight excluding hydrogens is 371 g/mol. The van der Waals surface area contributed by atoms with Gasteiger partial charge in [0.15, 0.2) is 17.4 Å². The molecule has 0 saturated heterocycles. The summed E-state index contributed by atoms with van der Waals surface area (Å²) in [5, 5.41) is 11.3. The van der Waals surface area contributed by atoms with Crippen LogP contribution in [-0.4, -0.2) is 42.4 Å². The Morgan fingerprint density at radius 3 is 2.52 bits per heavy atom. The molecule has 0 atom stereocenters. The summed E-state index contributed by atoms with van der Waals surface area (Å²) >= 11 is 5.25. The van der Waals surface area contributed by atoms with Crippen LogP contribution in [0.1, 0.15) is 5.56 Å². The Balaban J connectivity index is 2.01. The highest BCUT2D eigenvalue weighted by Crippen LogP contribution is 2.32. The number of methoxy groups -OCH3 is 3. The summed E-state index contributed by atoms with van der Waals surface area (Å²) in [4.78, 5) is 0. The summed E-state index contributed by atoms with van der Waals surface area (Å²) < 4.78 is 31.1. The number of nitrogens with zero attached hydrogens (tertiary/aromatic N) is 3. The van der Waals surface area contributed by atoms with Crippen molar-refractivity contribution in [1.29, 1.82) is 0 Å². The summed E-state index contributed by atoms with van der Waals surface area (Å²) in [6.45, 7) is 0. The highest BCUT2D eigenvalue weighted by molar-refractivity contribution is 7.71. The van der Waals surface area contributed by atoms with Crippen molar-refractivity contribution in [2.75, 3.05) is 21.3 Å². The molecule has 1 heterocycles. The fourth-order valence-corrected chi connectivity index (χ4v) is 2.62. The van der Waals surface area contributed by atoms with Crippen molar-refractivity contribution in [3.05, 3.63) is 52.5 Å². The van der Waals surface area contributed by atoms with Crippen LogP contribution >= 0.6 is 12.2 Å². The van der Waals surface area contributed by atoms with E-state index in [4.69, 9.17) is 26.4 Å². The molecule has 27 heavy (non-hydrogen) atoms. The minimum absolute atomic E-state index is 0.163. The Morgan fingerprint density at radius 2 is 1.85 bits per heavy atom. The van der Waals surface area contributed by atoms with Gasteiger partial charge >= 0.3 is 0 Å². The van der Waals surface area contributed by atoms with Crippen LogP contribution in [0, 0.1) is 10.6 Å². The zero-order valence-electron chi connectivity index (χ0n) is 14.9. The number of aromatic nitrogens is 3. The maximum atomic E-state index is 13.8. The first-order valence-electron chi connectivity index (χ1n) is 7.85. The molecule has 9 heteroatoms. The minimum Gasteiger partial charge on any atom is -0.497 e. The molecule has 2 aromatic carbocycles. The van der Waals surface area contributed by atoms with Crippen molar-refractivity contribution in [3.8, 4) is 28.6 Å². The quantitative estimate of drug-likeness (QED) is 0.515. The third kappa shape index (κ3) is 3.82. The average molecular weight is 388 g/mol. The SMILES string of the molecule is COc1ccc(-c2n[nH]c(=S)n2/N=C\c2ccc(OC)c(F)c2)c(OC)c1. The largest absolute Gasteiger partial charge is 0.497 e. The van der Waals surface area contributed by atoms with Gasteiger partial charge in [0.05, 0.1) is 33.1 Å². The Bertz CT molecular complexity index is 1050. The highest BCUT2D eigenvalue weighted by Gasteiger charge is 2.14. The van der Waals surface area contributed by atoms with E-state index < -0.39 is 5.82 Å². The summed E-state index contributed by atoms with van der Waals surface area (Å²) in [6.07, 6.45) is 1.48. The number of hydrogen-bond donors (Lipinski definition) is 1. The maximum Gasteiger partial charge on any atom is 0.216 e. The number of ether oxygens (including phenoxy) is 3. The summed E-state index contributed by atoms with van der Waals surface area (Å²) in [7, 11) is 4.53. The molecule has 140 valence electrons. The molecule has 1 aromatic heterocycles. The van der Waals surface area contributed by atoms with Gasteiger partial charge in [-0.1, -0.05) is 0 Å². The second-order valence-corrected chi connectivity index (χ2v) is 5.76. The first-order chi connectivity index (χ1) is 13.1. The highest BCUT2D eigenvalue weighted by atomic mass is 32.1. The number of nitrogens with one attached hydrogen (secondary N) is 1. The lowest BCUT2D eigenvalue weighted by atomic mass is 10.2. The molecule has 0 saturated carbocycles. The molecule has 7 nitrogen and oxygen atoms in total. The second-order valence-electron chi connectivity index (χ2n) is 5.37. The first-order valence-corrected chi connectivity index (χ1v) is 8.26. The average Bonchev–Trinajstić information content (AvgIpc) is 3.06. The van der Waals surface area contributed by atoms with Crippen LogP contribution in [0.5, 0.6) is 17.2 Å². The number of halogens is 1. The molecule has 3 aromatic rings. The second kappa shape index (κ2) is 8.00. The predicted molar refractivity (Wildman–Crippen MR) is 102 cm³/mol. The molecule has 1 N–H and O–H groups in total. The van der Waals surface area contributed by atoms with E-state index in [2.05, 4.69) is 15.3 Å². The molecule has 3 rings (SSSR count). The van der Waals surface area contributed by atoms with E-state index in [1.165, 1.54) is 30.1 Å². The van der Waals surface area contributed by atoms with E-state index >= 15 is 0 Å². The molecule has 0 radical (unpaired) electrons. The Labute approximate surface area is 160 Å². The molecule has 0 amide bonds. The molecule has 0 aliphatic rings. The Hall–Kier alpha value is -3.20. The van der Waals surface area contributed by atoms with Crippen LogP contribution in [0.4, 0.5) is 4.39 Å². The van der Waals surface area contributed by atoms with Gasteiger partial charge in [-0.15, -0.1) is 0 Å². The van der Waals surface area contributed by atoms with Crippen molar-refractivity contribution in [3.63, 3.8) is 0 Å². The third-order valence-electron chi connectivity index (χ3n) is 3.80. The van der Waals surface area contributed by atoms with E-state index in [1.54, 1.807) is 38.5 Å². The predicted octanol–water partition coefficient (Wildman–Crippen LogP) is 3.65. The molecule has 0 aliphatic heterocycles. The summed E-state index contributed by atoms with van der Waals surface area (Å²) in [5.74, 6) is 1.33. The van der Waals surface area contributed by atoms with Crippen molar-refractivity contribution in [2.24, 2.45) is 5.10 Å². The monoisotopic (exact) mass is 388 g/mol. The zero-order valence-corrected chi connectivity index (χ0v) is 15.7. The number of rotatable bonds is 6. The first kappa shape index (κ1) is 18.6. The van der Waals surface area contributed by atoms with Gasteiger partial charge in [-0.2, -0.15) is 14.9 Å². The summed E-state index contributed by atoms with van der Waals surface area (Å²) in [6, 6.07) is 9.84. The molecular formula is C18H17FN4O3S. The van der Waals surface area contributed by atoms with Crippen LogP contribution in [0.2, 0.25) is 0 Å². The summed E-state index contributed by atoms with van der Waals surface area (Å²) in [5.41, 5.74) is 1.22. The fourth-order valence-electron chi connectivity index (χ4n) is 2.44. The van der Waals surface area contributed by atoms with Gasteiger partial charge in [-0.05, 0) is 48.1 Å². The smallest absolute Gasteiger partial charge is 0.216 e. The lowest BCUT2D eigenvalue weighted by Gasteiger charge is -2.09. The van der Waals surface area contributed by atoms with Crippen LogP contribution in [-0.2, 0) is 0 Å². The fraction of sp³-hybridized carbons (Fsp3) is 0.167. The van der Waals surface area contributed by atoms with Gasteiger partial charge in [0.2, 0.25) is 4.77 Å².